The van der Waals surface area contributed by atoms with E-state index < -0.39 is 0 Å². The standard InChI is InChI=1S/C20H28N4O/c1-5-13-24(14-6-2)20(25)16-7-12-19(21-15-16)22-17-8-10-18(11-9-17)23(3)4/h7-12,15H,5-6,13-14H2,1-4H3,(H,21,22). The normalized spacial score (nSPS) is 10.4. The van der Waals surface area contributed by atoms with E-state index in [2.05, 4.69) is 29.0 Å². The molecule has 0 aliphatic rings. The summed E-state index contributed by atoms with van der Waals surface area (Å²) in [7, 11) is 4.03. The number of pyridine rings is 1. The SMILES string of the molecule is CCCN(CCC)C(=O)c1ccc(Nc2ccc(N(C)C)cc2)nc1. The van der Waals surface area contributed by atoms with Gasteiger partial charge in [0.1, 0.15) is 5.82 Å². The summed E-state index contributed by atoms with van der Waals surface area (Å²) in [6.45, 7) is 5.74. The van der Waals surface area contributed by atoms with Crippen LogP contribution in [0.1, 0.15) is 37.0 Å². The summed E-state index contributed by atoms with van der Waals surface area (Å²) < 4.78 is 0. The Bertz CT molecular complexity index is 659. The molecule has 134 valence electrons. The van der Waals surface area contributed by atoms with E-state index in [1.54, 1.807) is 6.20 Å². The average Bonchev–Trinajstić information content (AvgIpc) is 2.62. The Kier molecular flexibility index (Phi) is 6.81. The molecule has 0 saturated heterocycles. The molecule has 0 unspecified atom stereocenters. The van der Waals surface area contributed by atoms with E-state index >= 15 is 0 Å². The Morgan fingerprint density at radius 1 is 1.00 bits per heavy atom. The third kappa shape index (κ3) is 5.21. The number of benzene rings is 1. The Balaban J connectivity index is 2.04. The summed E-state index contributed by atoms with van der Waals surface area (Å²) in [6, 6.07) is 11.8. The highest BCUT2D eigenvalue weighted by Gasteiger charge is 2.14. The molecule has 25 heavy (non-hydrogen) atoms. The number of nitrogens with one attached hydrogen (secondary N) is 1. The minimum Gasteiger partial charge on any atom is -0.378 e. The van der Waals surface area contributed by atoms with Crippen LogP contribution in [0.15, 0.2) is 42.6 Å². The molecular weight excluding hydrogens is 312 g/mol. The fourth-order valence-electron chi connectivity index (χ4n) is 2.62. The van der Waals surface area contributed by atoms with E-state index in [-0.39, 0.29) is 5.91 Å². The fraction of sp³-hybridized carbons (Fsp3) is 0.400. The molecule has 2 rings (SSSR count). The van der Waals surface area contributed by atoms with Crippen molar-refractivity contribution >= 4 is 23.1 Å². The summed E-state index contributed by atoms with van der Waals surface area (Å²) in [5.74, 6) is 0.782. The van der Waals surface area contributed by atoms with E-state index in [4.69, 9.17) is 0 Å². The summed E-state index contributed by atoms with van der Waals surface area (Å²) >= 11 is 0. The number of carbonyl (C=O) groups excluding carboxylic acids is 1. The number of amides is 1. The number of rotatable bonds is 8. The molecule has 1 aromatic carbocycles. The molecule has 0 saturated carbocycles. The van der Waals surface area contributed by atoms with E-state index in [9.17, 15) is 4.79 Å². The summed E-state index contributed by atoms with van der Waals surface area (Å²) in [5, 5.41) is 3.26. The van der Waals surface area contributed by atoms with Gasteiger partial charge in [-0.1, -0.05) is 13.8 Å². The monoisotopic (exact) mass is 340 g/mol. The topological polar surface area (TPSA) is 48.5 Å². The second-order valence-electron chi connectivity index (χ2n) is 6.29. The van der Waals surface area contributed by atoms with Gasteiger partial charge < -0.3 is 15.1 Å². The maximum absolute atomic E-state index is 12.6. The highest BCUT2D eigenvalue weighted by Crippen LogP contribution is 2.19. The summed E-state index contributed by atoms with van der Waals surface area (Å²) in [4.78, 5) is 20.9. The van der Waals surface area contributed by atoms with Crippen LogP contribution in [0.3, 0.4) is 0 Å². The first-order valence-electron chi connectivity index (χ1n) is 8.84. The highest BCUT2D eigenvalue weighted by atomic mass is 16.2. The molecule has 1 aromatic heterocycles. The third-order valence-corrected chi connectivity index (χ3v) is 3.94. The molecule has 2 aromatic rings. The van der Waals surface area contributed by atoms with E-state index in [1.165, 1.54) is 0 Å². The fourth-order valence-corrected chi connectivity index (χ4v) is 2.62. The van der Waals surface area contributed by atoms with Gasteiger partial charge in [-0.25, -0.2) is 4.98 Å². The van der Waals surface area contributed by atoms with Gasteiger partial charge in [0.05, 0.1) is 5.56 Å². The Hall–Kier alpha value is -2.56. The molecule has 1 N–H and O–H groups in total. The van der Waals surface area contributed by atoms with Crippen LogP contribution in [-0.2, 0) is 0 Å². The van der Waals surface area contributed by atoms with Gasteiger partial charge in [0.15, 0.2) is 0 Å². The third-order valence-electron chi connectivity index (χ3n) is 3.94. The molecule has 0 aliphatic heterocycles. The average molecular weight is 340 g/mol. The summed E-state index contributed by atoms with van der Waals surface area (Å²) in [5.41, 5.74) is 2.75. The van der Waals surface area contributed by atoms with Crippen molar-refractivity contribution in [2.24, 2.45) is 0 Å². The zero-order chi connectivity index (χ0) is 18.2. The van der Waals surface area contributed by atoms with Crippen molar-refractivity contribution in [3.05, 3.63) is 48.2 Å². The van der Waals surface area contributed by atoms with Crippen LogP contribution < -0.4 is 10.2 Å². The zero-order valence-electron chi connectivity index (χ0n) is 15.6. The van der Waals surface area contributed by atoms with Crippen molar-refractivity contribution < 1.29 is 4.79 Å². The number of aromatic nitrogens is 1. The highest BCUT2D eigenvalue weighted by molar-refractivity contribution is 5.94. The predicted octanol–water partition coefficient (Wildman–Crippen LogP) is 4.15. The van der Waals surface area contributed by atoms with E-state index in [0.717, 1.165) is 43.1 Å². The lowest BCUT2D eigenvalue weighted by molar-refractivity contribution is 0.0755. The van der Waals surface area contributed by atoms with Crippen LogP contribution in [-0.4, -0.2) is 43.0 Å². The molecule has 1 amide bonds. The molecule has 0 aliphatic carbocycles. The molecule has 0 bridgehead atoms. The molecule has 0 spiro atoms. The van der Waals surface area contributed by atoms with Gasteiger partial charge in [0.2, 0.25) is 0 Å². The number of hydrogen-bond acceptors (Lipinski definition) is 4. The second kappa shape index (κ2) is 9.06. The quantitative estimate of drug-likeness (QED) is 0.784. The lowest BCUT2D eigenvalue weighted by Crippen LogP contribution is -2.32. The maximum Gasteiger partial charge on any atom is 0.255 e. The molecule has 0 fully saturated rings. The molecule has 1 heterocycles. The Morgan fingerprint density at radius 2 is 1.64 bits per heavy atom. The van der Waals surface area contributed by atoms with Crippen molar-refractivity contribution in [2.45, 2.75) is 26.7 Å². The van der Waals surface area contributed by atoms with E-state index in [0.29, 0.717) is 5.56 Å². The van der Waals surface area contributed by atoms with Crippen molar-refractivity contribution in [2.75, 3.05) is 37.4 Å². The van der Waals surface area contributed by atoms with Gasteiger partial charge in [-0.05, 0) is 49.2 Å². The largest absolute Gasteiger partial charge is 0.378 e. The van der Waals surface area contributed by atoms with Crippen LogP contribution in [0.2, 0.25) is 0 Å². The number of anilines is 3. The van der Waals surface area contributed by atoms with E-state index in [1.807, 2.05) is 55.4 Å². The smallest absolute Gasteiger partial charge is 0.255 e. The van der Waals surface area contributed by atoms with Crippen LogP contribution in [0.25, 0.3) is 0 Å². The van der Waals surface area contributed by atoms with Gasteiger partial charge in [-0.15, -0.1) is 0 Å². The first-order valence-corrected chi connectivity index (χ1v) is 8.84. The Labute approximate surface area is 150 Å². The first kappa shape index (κ1) is 18.8. The van der Waals surface area contributed by atoms with Crippen molar-refractivity contribution in [1.29, 1.82) is 0 Å². The zero-order valence-corrected chi connectivity index (χ0v) is 15.6. The molecular formula is C20H28N4O. The maximum atomic E-state index is 12.6. The molecule has 5 nitrogen and oxygen atoms in total. The lowest BCUT2D eigenvalue weighted by Gasteiger charge is -2.21. The van der Waals surface area contributed by atoms with Crippen molar-refractivity contribution in [3.8, 4) is 0 Å². The lowest BCUT2D eigenvalue weighted by atomic mass is 10.2. The van der Waals surface area contributed by atoms with Gasteiger partial charge in [0, 0.05) is 44.8 Å². The van der Waals surface area contributed by atoms with Gasteiger partial charge in [-0.3, -0.25) is 4.79 Å². The van der Waals surface area contributed by atoms with Gasteiger partial charge in [-0.2, -0.15) is 0 Å². The van der Waals surface area contributed by atoms with Gasteiger partial charge >= 0.3 is 0 Å². The number of hydrogen-bond donors (Lipinski definition) is 1. The molecule has 0 radical (unpaired) electrons. The van der Waals surface area contributed by atoms with Crippen molar-refractivity contribution in [1.82, 2.24) is 9.88 Å². The Morgan fingerprint density at radius 3 is 2.12 bits per heavy atom. The van der Waals surface area contributed by atoms with Crippen molar-refractivity contribution in [3.63, 3.8) is 0 Å². The van der Waals surface area contributed by atoms with Crippen LogP contribution in [0.4, 0.5) is 17.2 Å². The van der Waals surface area contributed by atoms with Gasteiger partial charge in [0.25, 0.3) is 5.91 Å². The minimum atomic E-state index is 0.0538. The molecule has 5 heteroatoms. The number of nitrogens with zero attached hydrogens (tertiary/aromatic N) is 3. The van der Waals surface area contributed by atoms with Crippen LogP contribution >= 0.6 is 0 Å². The second-order valence-corrected chi connectivity index (χ2v) is 6.29. The predicted molar refractivity (Wildman–Crippen MR) is 105 cm³/mol. The summed E-state index contributed by atoms with van der Waals surface area (Å²) in [6.07, 6.45) is 3.57. The molecule has 0 atom stereocenters. The van der Waals surface area contributed by atoms with Crippen LogP contribution in [0, 0.1) is 0 Å². The minimum absolute atomic E-state index is 0.0538. The first-order chi connectivity index (χ1) is 12.0. The van der Waals surface area contributed by atoms with Crippen LogP contribution in [0.5, 0.6) is 0 Å². The number of carbonyl (C=O) groups is 1.